The fraction of sp³-hybridized carbons (Fsp3) is 0.632. The first-order valence-corrected chi connectivity index (χ1v) is 8.97. The predicted octanol–water partition coefficient (Wildman–Crippen LogP) is 3.16. The van der Waals surface area contributed by atoms with Gasteiger partial charge in [-0.1, -0.05) is 56.9 Å². The van der Waals surface area contributed by atoms with Crippen molar-refractivity contribution in [2.75, 3.05) is 13.2 Å². The van der Waals surface area contributed by atoms with Gasteiger partial charge in [0.2, 0.25) is 0 Å². The second-order valence-electron chi connectivity index (χ2n) is 6.58. The van der Waals surface area contributed by atoms with Crippen molar-refractivity contribution in [1.29, 1.82) is 0 Å². The Morgan fingerprint density at radius 1 is 1.08 bits per heavy atom. The second-order valence-corrected chi connectivity index (χ2v) is 6.58. The topological polar surface area (TPSA) is 101 Å². The van der Waals surface area contributed by atoms with E-state index in [-0.39, 0.29) is 12.2 Å². The van der Waals surface area contributed by atoms with E-state index < -0.39 is 23.7 Å². The molecule has 0 aliphatic rings. The monoisotopic (exact) mass is 351 g/mol. The maximum Gasteiger partial charge on any atom is 0.267 e. The quantitative estimate of drug-likeness (QED) is 0.246. The maximum atomic E-state index is 12.1. The number of hydrogen-bond donors (Lipinski definition) is 2. The number of nitro groups is 1. The Balaban J connectivity index is 2.53. The molecule has 25 heavy (non-hydrogen) atoms. The van der Waals surface area contributed by atoms with Crippen LogP contribution in [0.25, 0.3) is 0 Å². The largest absolute Gasteiger partial charge is 0.389 e. The molecule has 1 aromatic carbocycles. The number of unbranched alkanes of at least 4 members (excludes halogenated alkanes) is 4. The molecule has 0 amide bonds. The number of carbonyl (C=O) groups excluding carboxylic acids is 1. The smallest absolute Gasteiger partial charge is 0.267 e. The van der Waals surface area contributed by atoms with Crippen molar-refractivity contribution in [3.05, 3.63) is 45.5 Å². The van der Waals surface area contributed by atoms with E-state index >= 15 is 0 Å². The summed E-state index contributed by atoms with van der Waals surface area (Å²) < 4.78 is 0. The van der Waals surface area contributed by atoms with Gasteiger partial charge in [-0.15, -0.1) is 0 Å². The molecular weight excluding hydrogens is 322 g/mol. The van der Waals surface area contributed by atoms with Crippen molar-refractivity contribution in [3.63, 3.8) is 0 Å². The zero-order valence-electron chi connectivity index (χ0n) is 14.9. The van der Waals surface area contributed by atoms with E-state index in [1.807, 2.05) is 0 Å². The third-order valence-electron chi connectivity index (χ3n) is 4.64. The Bertz CT molecular complexity index is 537. The molecule has 2 N–H and O–H groups in total. The highest BCUT2D eigenvalue weighted by molar-refractivity contribution is 5.96. The Kier molecular flexibility index (Phi) is 9.31. The maximum absolute atomic E-state index is 12.1. The molecule has 140 valence electrons. The van der Waals surface area contributed by atoms with Gasteiger partial charge >= 0.3 is 0 Å². The van der Waals surface area contributed by atoms with Crippen LogP contribution < -0.4 is 0 Å². The number of Topliss-reactive ketones (excluding diaryl/α,β-unsaturated/α-hetero) is 1. The van der Waals surface area contributed by atoms with Gasteiger partial charge in [0.25, 0.3) is 5.54 Å². The zero-order chi connectivity index (χ0) is 18.7. The van der Waals surface area contributed by atoms with E-state index in [4.69, 9.17) is 0 Å². The van der Waals surface area contributed by atoms with E-state index in [1.165, 1.54) is 12.8 Å². The average molecular weight is 351 g/mol. The molecule has 0 bridgehead atoms. The molecule has 0 unspecified atom stereocenters. The highest BCUT2D eigenvalue weighted by atomic mass is 16.6. The minimum absolute atomic E-state index is 0.0394. The van der Waals surface area contributed by atoms with Gasteiger partial charge in [0, 0.05) is 23.3 Å². The molecule has 0 aliphatic heterocycles. The molecule has 0 saturated heterocycles. The van der Waals surface area contributed by atoms with Crippen molar-refractivity contribution in [2.24, 2.45) is 0 Å². The van der Waals surface area contributed by atoms with Crippen LogP contribution in [0, 0.1) is 10.1 Å². The van der Waals surface area contributed by atoms with Gasteiger partial charge in [0.15, 0.2) is 5.78 Å². The molecule has 0 aliphatic carbocycles. The van der Waals surface area contributed by atoms with E-state index in [1.54, 1.807) is 24.3 Å². The third-order valence-corrected chi connectivity index (χ3v) is 4.64. The number of aliphatic hydroxyl groups excluding tert-OH is 2. The minimum atomic E-state index is -1.72. The molecule has 0 spiro atoms. The van der Waals surface area contributed by atoms with Gasteiger partial charge in [-0.2, -0.15) is 0 Å². The summed E-state index contributed by atoms with van der Waals surface area (Å²) in [4.78, 5) is 22.6. The fourth-order valence-corrected chi connectivity index (χ4v) is 2.68. The highest BCUT2D eigenvalue weighted by Crippen LogP contribution is 2.19. The summed E-state index contributed by atoms with van der Waals surface area (Å²) in [6.45, 7) is 0.750. The van der Waals surface area contributed by atoms with E-state index in [0.717, 1.165) is 24.8 Å². The highest BCUT2D eigenvalue weighted by Gasteiger charge is 2.41. The first kappa shape index (κ1) is 21.3. The summed E-state index contributed by atoms with van der Waals surface area (Å²) in [6, 6.07) is 7.05. The zero-order valence-corrected chi connectivity index (χ0v) is 14.9. The van der Waals surface area contributed by atoms with Crippen LogP contribution in [0.15, 0.2) is 24.3 Å². The molecule has 0 fully saturated rings. The fourth-order valence-electron chi connectivity index (χ4n) is 2.68. The Labute approximate surface area is 149 Å². The molecule has 0 aromatic heterocycles. The van der Waals surface area contributed by atoms with Crippen molar-refractivity contribution in [2.45, 2.75) is 63.8 Å². The third kappa shape index (κ3) is 6.55. The summed E-state index contributed by atoms with van der Waals surface area (Å²) in [5, 5.41) is 29.5. The normalized spacial score (nSPS) is 11.5. The molecule has 1 aromatic rings. The van der Waals surface area contributed by atoms with Gasteiger partial charge in [0.1, 0.15) is 13.2 Å². The number of hydrogen-bond acceptors (Lipinski definition) is 5. The molecule has 0 saturated carbocycles. The van der Waals surface area contributed by atoms with E-state index in [9.17, 15) is 25.1 Å². The molecule has 6 nitrogen and oxygen atoms in total. The number of aliphatic hydroxyl groups is 2. The Hall–Kier alpha value is -1.79. The molecule has 0 radical (unpaired) electrons. The van der Waals surface area contributed by atoms with Crippen LogP contribution >= 0.6 is 0 Å². The standard InChI is InChI=1S/C19H29NO5/c1-2-3-4-5-6-7-18(23)17-10-8-16(9-11-17)12-13-19(14-21,15-22)20(24)25/h8-11,21-22H,2-7,12-15H2,1H3. The number of nitrogens with zero attached hydrogens (tertiary/aromatic N) is 1. The van der Waals surface area contributed by atoms with Crippen LogP contribution in [-0.2, 0) is 6.42 Å². The van der Waals surface area contributed by atoms with Crippen LogP contribution in [0.4, 0.5) is 0 Å². The molecule has 0 heterocycles. The number of ketones is 1. The lowest BCUT2D eigenvalue weighted by Crippen LogP contribution is -2.46. The molecule has 0 atom stereocenters. The van der Waals surface area contributed by atoms with Crippen molar-refractivity contribution in [3.8, 4) is 0 Å². The Morgan fingerprint density at radius 2 is 1.68 bits per heavy atom. The lowest BCUT2D eigenvalue weighted by molar-refractivity contribution is -0.578. The SMILES string of the molecule is CCCCCCCC(=O)c1ccc(CCC(CO)(CO)[N+](=O)[O-])cc1. The van der Waals surface area contributed by atoms with Gasteiger partial charge in [-0.05, 0) is 18.4 Å². The summed E-state index contributed by atoms with van der Waals surface area (Å²) in [5.41, 5.74) is -0.218. The summed E-state index contributed by atoms with van der Waals surface area (Å²) >= 11 is 0. The molecular formula is C19H29NO5. The first-order chi connectivity index (χ1) is 12.0. The lowest BCUT2D eigenvalue weighted by atomic mass is 9.93. The first-order valence-electron chi connectivity index (χ1n) is 8.97. The number of aryl methyl sites for hydroxylation is 1. The van der Waals surface area contributed by atoms with Crippen molar-refractivity contribution < 1.29 is 19.9 Å². The van der Waals surface area contributed by atoms with Crippen LogP contribution in [0.1, 0.15) is 67.8 Å². The minimum Gasteiger partial charge on any atom is -0.389 e. The van der Waals surface area contributed by atoms with E-state index in [2.05, 4.69) is 6.92 Å². The van der Waals surface area contributed by atoms with E-state index in [0.29, 0.717) is 18.4 Å². The predicted molar refractivity (Wildman–Crippen MR) is 96.4 cm³/mol. The summed E-state index contributed by atoms with van der Waals surface area (Å²) in [7, 11) is 0. The summed E-state index contributed by atoms with van der Waals surface area (Å²) in [6.07, 6.45) is 6.46. The second kappa shape index (κ2) is 10.9. The van der Waals surface area contributed by atoms with Crippen molar-refractivity contribution in [1.82, 2.24) is 0 Å². The van der Waals surface area contributed by atoms with Gasteiger partial charge in [-0.25, -0.2) is 0 Å². The van der Waals surface area contributed by atoms with Crippen LogP contribution in [-0.4, -0.2) is 39.7 Å². The van der Waals surface area contributed by atoms with Gasteiger partial charge in [0.05, 0.1) is 0 Å². The van der Waals surface area contributed by atoms with Crippen LogP contribution in [0.5, 0.6) is 0 Å². The van der Waals surface area contributed by atoms with Crippen LogP contribution in [0.3, 0.4) is 0 Å². The van der Waals surface area contributed by atoms with Crippen molar-refractivity contribution >= 4 is 5.78 Å². The van der Waals surface area contributed by atoms with Gasteiger partial charge in [-0.3, -0.25) is 14.9 Å². The molecule has 1 rings (SSSR count). The Morgan fingerprint density at radius 3 is 2.20 bits per heavy atom. The van der Waals surface area contributed by atoms with Gasteiger partial charge < -0.3 is 10.2 Å². The number of carbonyl (C=O) groups is 1. The summed E-state index contributed by atoms with van der Waals surface area (Å²) in [5.74, 6) is 0.119. The average Bonchev–Trinajstić information content (AvgIpc) is 2.63. The lowest BCUT2D eigenvalue weighted by Gasteiger charge is -2.20. The van der Waals surface area contributed by atoms with Crippen LogP contribution in [0.2, 0.25) is 0 Å². The number of benzene rings is 1. The molecule has 6 heteroatoms. The number of rotatable bonds is 13.